The van der Waals surface area contributed by atoms with Crippen molar-refractivity contribution in [3.63, 3.8) is 0 Å². The Morgan fingerprint density at radius 1 is 1.32 bits per heavy atom. The Morgan fingerprint density at radius 2 is 2.05 bits per heavy atom. The largest absolute Gasteiger partial charge is 0.371 e. The zero-order chi connectivity index (χ0) is 14.0. The van der Waals surface area contributed by atoms with Gasteiger partial charge in [-0.05, 0) is 20.8 Å². The van der Waals surface area contributed by atoms with E-state index in [1.807, 2.05) is 19.9 Å². The van der Waals surface area contributed by atoms with E-state index in [4.69, 9.17) is 19.0 Å². The van der Waals surface area contributed by atoms with Crippen LogP contribution in [0.4, 0.5) is 0 Å². The Hall–Kier alpha value is -2.20. The van der Waals surface area contributed by atoms with Crippen LogP contribution in [-0.4, -0.2) is 22.4 Å². The molecule has 7 nitrogen and oxygen atoms in total. The summed E-state index contributed by atoms with van der Waals surface area (Å²) in [7, 11) is 1.57. The van der Waals surface area contributed by atoms with Crippen LogP contribution >= 0.6 is 0 Å². The lowest BCUT2D eigenvalue weighted by Gasteiger charge is -2.17. The first-order valence-electron chi connectivity index (χ1n) is 5.71. The average molecular weight is 262 g/mol. The third kappa shape index (κ3) is 2.48. The van der Waals surface area contributed by atoms with Gasteiger partial charge >= 0.3 is 0 Å². The van der Waals surface area contributed by atoms with Gasteiger partial charge in [-0.25, -0.2) is 0 Å². The number of rotatable bonds is 4. The summed E-state index contributed by atoms with van der Waals surface area (Å²) in [6, 6.07) is 2.04. The molecular formula is C12H14N4O3. The molecule has 2 aromatic rings. The van der Waals surface area contributed by atoms with Crippen LogP contribution in [0, 0.1) is 18.3 Å². The van der Waals surface area contributed by atoms with Crippen LogP contribution in [0.2, 0.25) is 0 Å². The van der Waals surface area contributed by atoms with Crippen LogP contribution in [0.5, 0.6) is 0 Å². The van der Waals surface area contributed by atoms with Crippen molar-refractivity contribution in [2.24, 2.45) is 0 Å². The predicted octanol–water partition coefficient (Wildman–Crippen LogP) is 1.71. The Morgan fingerprint density at radius 3 is 2.68 bits per heavy atom. The van der Waals surface area contributed by atoms with Gasteiger partial charge in [0.05, 0.1) is 6.42 Å². The standard InChI is InChI=1S/C12H14N4O3/c1-7-8(6-13)9(15-18-7)5-10-14-11(16-19-10)12(2,3)17-4/h5H2,1-4H3. The van der Waals surface area contributed by atoms with Crippen molar-refractivity contribution in [1.29, 1.82) is 5.26 Å². The van der Waals surface area contributed by atoms with Crippen molar-refractivity contribution < 1.29 is 13.8 Å². The first-order chi connectivity index (χ1) is 8.97. The zero-order valence-corrected chi connectivity index (χ0v) is 11.2. The number of methoxy groups -OCH3 is 1. The molecule has 0 aromatic carbocycles. The van der Waals surface area contributed by atoms with Gasteiger partial charge < -0.3 is 13.8 Å². The number of nitrogens with zero attached hydrogens (tertiary/aromatic N) is 4. The summed E-state index contributed by atoms with van der Waals surface area (Å²) >= 11 is 0. The Balaban J connectivity index is 2.24. The van der Waals surface area contributed by atoms with Gasteiger partial charge in [0.1, 0.15) is 22.9 Å². The molecule has 7 heteroatoms. The summed E-state index contributed by atoms with van der Waals surface area (Å²) in [6.45, 7) is 5.35. The van der Waals surface area contributed by atoms with Crippen molar-refractivity contribution in [2.75, 3.05) is 7.11 Å². The van der Waals surface area contributed by atoms with E-state index >= 15 is 0 Å². The molecule has 2 heterocycles. The van der Waals surface area contributed by atoms with Crippen LogP contribution in [0.25, 0.3) is 0 Å². The Bertz CT molecular complexity index is 621. The van der Waals surface area contributed by atoms with Crippen LogP contribution in [0.15, 0.2) is 9.05 Å². The van der Waals surface area contributed by atoms with Gasteiger partial charge in [-0.15, -0.1) is 0 Å². The van der Waals surface area contributed by atoms with Gasteiger partial charge in [0.2, 0.25) is 11.7 Å². The number of nitriles is 1. The fourth-order valence-electron chi connectivity index (χ4n) is 1.49. The molecule has 0 radical (unpaired) electrons. The monoisotopic (exact) mass is 262 g/mol. The Kier molecular flexibility index (Phi) is 3.36. The number of hydrogen-bond acceptors (Lipinski definition) is 7. The fourth-order valence-corrected chi connectivity index (χ4v) is 1.49. The van der Waals surface area contributed by atoms with E-state index in [9.17, 15) is 0 Å². The van der Waals surface area contributed by atoms with E-state index in [0.29, 0.717) is 28.7 Å². The maximum absolute atomic E-state index is 9.00. The first-order valence-corrected chi connectivity index (χ1v) is 5.71. The number of ether oxygens (including phenoxy) is 1. The number of aryl methyl sites for hydroxylation is 1. The summed E-state index contributed by atoms with van der Waals surface area (Å²) in [5, 5.41) is 16.7. The minimum Gasteiger partial charge on any atom is -0.371 e. The molecule has 0 amide bonds. The smallest absolute Gasteiger partial charge is 0.232 e. The minimum atomic E-state index is -0.625. The molecule has 0 saturated carbocycles. The van der Waals surface area contributed by atoms with E-state index < -0.39 is 5.60 Å². The van der Waals surface area contributed by atoms with Crippen molar-refractivity contribution in [3.05, 3.63) is 28.7 Å². The van der Waals surface area contributed by atoms with Gasteiger partial charge in [-0.1, -0.05) is 10.3 Å². The average Bonchev–Trinajstić information content (AvgIpc) is 2.98. The quantitative estimate of drug-likeness (QED) is 0.827. The molecule has 100 valence electrons. The normalized spacial score (nSPS) is 11.5. The second kappa shape index (κ2) is 4.82. The maximum Gasteiger partial charge on any atom is 0.232 e. The highest BCUT2D eigenvalue weighted by atomic mass is 16.5. The molecule has 2 rings (SSSR count). The lowest BCUT2D eigenvalue weighted by molar-refractivity contribution is 0.00973. The van der Waals surface area contributed by atoms with Gasteiger partial charge in [-0.3, -0.25) is 0 Å². The molecule has 0 fully saturated rings. The second-order valence-corrected chi connectivity index (χ2v) is 4.58. The van der Waals surface area contributed by atoms with Crippen LogP contribution in [0.3, 0.4) is 0 Å². The third-order valence-electron chi connectivity index (χ3n) is 2.88. The summed E-state index contributed by atoms with van der Waals surface area (Å²) in [5.74, 6) is 1.29. The van der Waals surface area contributed by atoms with Crippen LogP contribution < -0.4 is 0 Å². The molecule has 0 N–H and O–H groups in total. The molecule has 0 bridgehead atoms. The van der Waals surface area contributed by atoms with E-state index in [1.165, 1.54) is 0 Å². The maximum atomic E-state index is 9.00. The highest BCUT2D eigenvalue weighted by Crippen LogP contribution is 2.22. The molecule has 0 aliphatic heterocycles. The van der Waals surface area contributed by atoms with Gasteiger partial charge in [0.25, 0.3) is 0 Å². The minimum absolute atomic E-state index is 0.257. The van der Waals surface area contributed by atoms with Crippen molar-refractivity contribution >= 4 is 0 Å². The first kappa shape index (κ1) is 13.2. The predicted molar refractivity (Wildman–Crippen MR) is 63.1 cm³/mol. The number of aromatic nitrogens is 3. The topological polar surface area (TPSA) is 98.0 Å². The molecule has 19 heavy (non-hydrogen) atoms. The molecule has 0 atom stereocenters. The van der Waals surface area contributed by atoms with E-state index in [2.05, 4.69) is 15.3 Å². The third-order valence-corrected chi connectivity index (χ3v) is 2.88. The summed E-state index contributed by atoms with van der Waals surface area (Å²) in [5.41, 5.74) is 0.274. The lowest BCUT2D eigenvalue weighted by Crippen LogP contribution is -2.21. The molecule has 0 aliphatic carbocycles. The summed E-state index contributed by atoms with van der Waals surface area (Å²) < 4.78 is 15.4. The van der Waals surface area contributed by atoms with Crippen molar-refractivity contribution in [1.82, 2.24) is 15.3 Å². The molecular weight excluding hydrogens is 248 g/mol. The molecule has 2 aromatic heterocycles. The highest BCUT2D eigenvalue weighted by molar-refractivity contribution is 5.36. The fraction of sp³-hybridized carbons (Fsp3) is 0.500. The van der Waals surface area contributed by atoms with Gasteiger partial charge in [0.15, 0.2) is 5.76 Å². The van der Waals surface area contributed by atoms with Gasteiger partial charge in [-0.2, -0.15) is 10.2 Å². The summed E-state index contributed by atoms with van der Waals surface area (Å²) in [4.78, 5) is 4.24. The zero-order valence-electron chi connectivity index (χ0n) is 11.2. The van der Waals surface area contributed by atoms with Gasteiger partial charge in [0, 0.05) is 7.11 Å². The van der Waals surface area contributed by atoms with E-state index in [-0.39, 0.29) is 6.42 Å². The molecule has 0 aliphatic rings. The van der Waals surface area contributed by atoms with E-state index in [0.717, 1.165) is 0 Å². The second-order valence-electron chi connectivity index (χ2n) is 4.58. The number of hydrogen-bond donors (Lipinski definition) is 0. The molecule has 0 saturated heterocycles. The Labute approximate surface area is 110 Å². The SMILES string of the molecule is COC(C)(C)c1noc(Cc2noc(C)c2C#N)n1. The van der Waals surface area contributed by atoms with Crippen LogP contribution in [-0.2, 0) is 16.8 Å². The van der Waals surface area contributed by atoms with Crippen molar-refractivity contribution in [3.8, 4) is 6.07 Å². The van der Waals surface area contributed by atoms with Crippen LogP contribution in [0.1, 0.15) is 42.6 Å². The summed E-state index contributed by atoms with van der Waals surface area (Å²) in [6.07, 6.45) is 0.257. The lowest BCUT2D eigenvalue weighted by atomic mass is 10.1. The highest BCUT2D eigenvalue weighted by Gasteiger charge is 2.26. The van der Waals surface area contributed by atoms with Crippen molar-refractivity contribution in [2.45, 2.75) is 32.8 Å². The molecule has 0 unspecified atom stereocenters. The van der Waals surface area contributed by atoms with E-state index in [1.54, 1.807) is 14.0 Å². The molecule has 0 spiro atoms.